The molecular formula is C27H25Cl2N3O3S. The Bertz CT molecular complexity index is 1410. The van der Waals surface area contributed by atoms with Crippen LogP contribution in [0, 0.1) is 0 Å². The van der Waals surface area contributed by atoms with E-state index in [9.17, 15) is 4.79 Å². The Morgan fingerprint density at radius 3 is 2.47 bits per heavy atom. The van der Waals surface area contributed by atoms with Crippen LogP contribution >= 0.6 is 35.0 Å². The van der Waals surface area contributed by atoms with Crippen molar-refractivity contribution in [2.24, 2.45) is 0 Å². The molecular weight excluding hydrogens is 517 g/mol. The number of ketones is 1. The molecule has 3 aromatic carbocycles. The summed E-state index contributed by atoms with van der Waals surface area (Å²) in [6.45, 7) is 4.26. The molecule has 9 heteroatoms. The first-order valence-corrected chi connectivity index (χ1v) is 13.0. The minimum Gasteiger partial charge on any atom is -0.497 e. The third-order valence-corrected chi connectivity index (χ3v) is 7.12. The highest BCUT2D eigenvalue weighted by Crippen LogP contribution is 2.36. The first-order valence-electron chi connectivity index (χ1n) is 11.2. The molecule has 0 radical (unpaired) electrons. The van der Waals surface area contributed by atoms with Crippen molar-refractivity contribution in [2.45, 2.75) is 24.9 Å². The number of carbonyl (C=O) groups excluding carboxylic acids is 1. The lowest BCUT2D eigenvalue weighted by atomic mass is 10.0. The van der Waals surface area contributed by atoms with Gasteiger partial charge in [-0.25, -0.2) is 0 Å². The van der Waals surface area contributed by atoms with Gasteiger partial charge in [0.25, 0.3) is 0 Å². The monoisotopic (exact) mass is 541 g/mol. The lowest BCUT2D eigenvalue weighted by Gasteiger charge is -2.17. The number of hydrogen-bond acceptors (Lipinski definition) is 6. The molecule has 0 spiro atoms. The van der Waals surface area contributed by atoms with E-state index in [1.807, 2.05) is 28.8 Å². The van der Waals surface area contributed by atoms with Crippen molar-refractivity contribution in [3.63, 3.8) is 0 Å². The molecule has 36 heavy (non-hydrogen) atoms. The van der Waals surface area contributed by atoms with Crippen molar-refractivity contribution in [1.82, 2.24) is 14.8 Å². The van der Waals surface area contributed by atoms with Crippen LogP contribution in [-0.4, -0.2) is 40.5 Å². The van der Waals surface area contributed by atoms with Crippen LogP contribution in [0.25, 0.3) is 17.1 Å². The normalized spacial score (nSPS) is 11.1. The number of Topliss-reactive ketones (excluding diaryl/α,β-unsaturated/α-hetero) is 1. The highest BCUT2D eigenvalue weighted by Gasteiger charge is 2.22. The molecule has 0 N–H and O–H groups in total. The van der Waals surface area contributed by atoms with Gasteiger partial charge < -0.3 is 9.47 Å². The summed E-state index contributed by atoms with van der Waals surface area (Å²) < 4.78 is 12.6. The van der Waals surface area contributed by atoms with E-state index in [-0.39, 0.29) is 17.5 Å². The molecule has 0 aliphatic rings. The number of hydrogen-bond donors (Lipinski definition) is 0. The maximum Gasteiger partial charge on any atom is 0.196 e. The van der Waals surface area contributed by atoms with Crippen molar-refractivity contribution in [2.75, 3.05) is 20.0 Å². The number of nitrogens with zero attached hydrogens (tertiary/aromatic N) is 3. The fraction of sp³-hybridized carbons (Fsp3) is 0.222. The summed E-state index contributed by atoms with van der Waals surface area (Å²) in [5, 5.41) is 10.5. The third kappa shape index (κ3) is 5.38. The van der Waals surface area contributed by atoms with Gasteiger partial charge in [0, 0.05) is 16.7 Å². The van der Waals surface area contributed by atoms with Crippen molar-refractivity contribution in [3.8, 4) is 28.6 Å². The number of para-hydroxylation sites is 1. The molecule has 0 aliphatic heterocycles. The van der Waals surface area contributed by atoms with Gasteiger partial charge in [-0.3, -0.25) is 9.36 Å². The van der Waals surface area contributed by atoms with Gasteiger partial charge in [0.2, 0.25) is 0 Å². The van der Waals surface area contributed by atoms with Crippen LogP contribution in [0.5, 0.6) is 11.5 Å². The fourth-order valence-corrected chi connectivity index (χ4v) is 5.16. The van der Waals surface area contributed by atoms with Gasteiger partial charge in [-0.2, -0.15) is 0 Å². The second-order valence-corrected chi connectivity index (χ2v) is 10.0. The van der Waals surface area contributed by atoms with E-state index in [0.29, 0.717) is 43.7 Å². The number of methoxy groups -OCH3 is 2. The van der Waals surface area contributed by atoms with Crippen molar-refractivity contribution in [1.29, 1.82) is 0 Å². The van der Waals surface area contributed by atoms with Gasteiger partial charge in [0.1, 0.15) is 11.5 Å². The number of aromatic nitrogens is 3. The van der Waals surface area contributed by atoms with E-state index in [4.69, 9.17) is 32.7 Å². The van der Waals surface area contributed by atoms with E-state index >= 15 is 0 Å². The Labute approximate surface area is 224 Å². The minimum absolute atomic E-state index is 0.0997. The molecule has 0 fully saturated rings. The predicted octanol–water partition coefficient (Wildman–Crippen LogP) is 7.36. The maximum absolute atomic E-state index is 13.2. The zero-order valence-corrected chi connectivity index (χ0v) is 22.6. The molecule has 0 saturated carbocycles. The summed E-state index contributed by atoms with van der Waals surface area (Å²) in [4.78, 5) is 13.2. The van der Waals surface area contributed by atoms with Gasteiger partial charge in [0.05, 0.1) is 36.2 Å². The molecule has 186 valence electrons. The van der Waals surface area contributed by atoms with Crippen LogP contribution in [0.15, 0.2) is 65.8 Å². The summed E-state index contributed by atoms with van der Waals surface area (Å²) in [6, 6.07) is 18.5. The summed E-state index contributed by atoms with van der Waals surface area (Å²) >= 11 is 14.0. The Morgan fingerprint density at radius 1 is 1.00 bits per heavy atom. The van der Waals surface area contributed by atoms with Gasteiger partial charge in [-0.05, 0) is 47.9 Å². The highest BCUT2D eigenvalue weighted by atomic mass is 35.5. The third-order valence-electron chi connectivity index (χ3n) is 5.65. The second kappa shape index (κ2) is 11.4. The zero-order chi connectivity index (χ0) is 25.8. The van der Waals surface area contributed by atoms with Crippen LogP contribution in [0.2, 0.25) is 10.0 Å². The van der Waals surface area contributed by atoms with E-state index in [2.05, 4.69) is 30.1 Å². The molecule has 6 nitrogen and oxygen atoms in total. The van der Waals surface area contributed by atoms with Gasteiger partial charge in [0.15, 0.2) is 16.8 Å². The maximum atomic E-state index is 13.2. The zero-order valence-electron chi connectivity index (χ0n) is 20.3. The summed E-state index contributed by atoms with van der Waals surface area (Å²) in [5.74, 6) is 1.93. The van der Waals surface area contributed by atoms with E-state index in [0.717, 1.165) is 11.3 Å². The van der Waals surface area contributed by atoms with Crippen LogP contribution in [0.1, 0.15) is 35.7 Å². The first kappa shape index (κ1) is 26.1. The largest absolute Gasteiger partial charge is 0.497 e. The topological polar surface area (TPSA) is 66.2 Å². The number of benzene rings is 3. The number of rotatable bonds is 9. The predicted molar refractivity (Wildman–Crippen MR) is 146 cm³/mol. The molecule has 0 unspecified atom stereocenters. The fourth-order valence-electron chi connectivity index (χ4n) is 3.84. The molecule has 0 saturated heterocycles. The molecule has 0 atom stereocenters. The Kier molecular flexibility index (Phi) is 8.24. The lowest BCUT2D eigenvalue weighted by molar-refractivity contribution is 0.101. The van der Waals surface area contributed by atoms with Gasteiger partial charge in [-0.1, -0.05) is 67.0 Å². The van der Waals surface area contributed by atoms with Gasteiger partial charge in [-0.15, -0.1) is 10.2 Å². The number of carbonyl (C=O) groups is 1. The van der Waals surface area contributed by atoms with Crippen molar-refractivity contribution < 1.29 is 14.3 Å². The highest BCUT2D eigenvalue weighted by molar-refractivity contribution is 7.99. The summed E-state index contributed by atoms with van der Waals surface area (Å²) in [5.41, 5.74) is 3.21. The molecule has 4 aromatic rings. The van der Waals surface area contributed by atoms with Crippen LogP contribution in [-0.2, 0) is 0 Å². The van der Waals surface area contributed by atoms with Gasteiger partial charge >= 0.3 is 0 Å². The summed E-state index contributed by atoms with van der Waals surface area (Å²) in [6.07, 6.45) is 0. The Morgan fingerprint density at radius 2 is 1.78 bits per heavy atom. The lowest BCUT2D eigenvalue weighted by Crippen LogP contribution is -2.08. The molecule has 1 aromatic heterocycles. The Balaban J connectivity index is 1.75. The Hall–Kier alpha value is -3.00. The van der Waals surface area contributed by atoms with Crippen LogP contribution in [0.3, 0.4) is 0 Å². The number of thioether (sulfide) groups is 1. The van der Waals surface area contributed by atoms with E-state index < -0.39 is 0 Å². The average Bonchev–Trinajstić information content (AvgIpc) is 3.30. The van der Waals surface area contributed by atoms with E-state index in [1.165, 1.54) is 18.9 Å². The van der Waals surface area contributed by atoms with E-state index in [1.54, 1.807) is 37.4 Å². The van der Waals surface area contributed by atoms with Crippen molar-refractivity contribution in [3.05, 3.63) is 81.8 Å². The molecule has 0 amide bonds. The smallest absolute Gasteiger partial charge is 0.196 e. The molecule has 1 heterocycles. The standard InChI is InChI=1S/C27H25Cl2N3O3S/c1-16(2)19-7-5-6-8-23(19)32-26(20-11-9-17(28)13-22(20)29)30-31-27(32)36-15-24(33)21-12-10-18(34-3)14-25(21)35-4/h5-14,16H,15H2,1-4H3. The SMILES string of the molecule is COc1ccc(C(=O)CSc2nnc(-c3ccc(Cl)cc3Cl)n2-c2ccccc2C(C)C)c(OC)c1. The minimum atomic E-state index is -0.0997. The average molecular weight is 542 g/mol. The molecule has 0 aliphatic carbocycles. The quantitative estimate of drug-likeness (QED) is 0.163. The first-order chi connectivity index (χ1) is 17.3. The molecule has 0 bridgehead atoms. The summed E-state index contributed by atoms with van der Waals surface area (Å²) in [7, 11) is 3.10. The molecule has 4 rings (SSSR count). The second-order valence-electron chi connectivity index (χ2n) is 8.26. The number of ether oxygens (including phenoxy) is 2. The van der Waals surface area contributed by atoms with Crippen molar-refractivity contribution >= 4 is 40.7 Å². The van der Waals surface area contributed by atoms with Crippen LogP contribution < -0.4 is 9.47 Å². The van der Waals surface area contributed by atoms with Crippen LogP contribution in [0.4, 0.5) is 0 Å². The number of halogens is 2.